The van der Waals surface area contributed by atoms with Gasteiger partial charge in [0.25, 0.3) is 10.0 Å². The first-order valence-corrected chi connectivity index (χ1v) is 9.98. The minimum Gasteiger partial charge on any atom is -0.392 e. The third-order valence-corrected chi connectivity index (χ3v) is 6.18. The summed E-state index contributed by atoms with van der Waals surface area (Å²) < 4.78 is 27.7. The van der Waals surface area contributed by atoms with Crippen molar-refractivity contribution in [3.63, 3.8) is 0 Å². The van der Waals surface area contributed by atoms with Crippen LogP contribution in [0.2, 0.25) is 0 Å². The number of ketones is 1. The van der Waals surface area contributed by atoms with Crippen LogP contribution in [0.25, 0.3) is 11.0 Å². The van der Waals surface area contributed by atoms with Gasteiger partial charge in [-0.1, -0.05) is 42.5 Å². The van der Waals surface area contributed by atoms with Crippen LogP contribution in [0.3, 0.4) is 0 Å². The molecule has 6 nitrogen and oxygen atoms in total. The zero-order chi connectivity index (χ0) is 19.7. The molecule has 0 aliphatic carbocycles. The summed E-state index contributed by atoms with van der Waals surface area (Å²) in [7, 11) is -4.05. The quantitative estimate of drug-likeness (QED) is 0.528. The molecule has 0 radical (unpaired) electrons. The van der Waals surface area contributed by atoms with E-state index in [-0.39, 0.29) is 28.4 Å². The maximum atomic E-state index is 13.3. The summed E-state index contributed by atoms with van der Waals surface area (Å²) in [5.41, 5.74) is 0.821. The first-order valence-electron chi connectivity index (χ1n) is 8.54. The van der Waals surface area contributed by atoms with Gasteiger partial charge in [-0.15, -0.1) is 0 Å². The van der Waals surface area contributed by atoms with Crippen molar-refractivity contribution in [1.82, 2.24) is 8.96 Å². The fourth-order valence-electron chi connectivity index (χ4n) is 3.13. The Kier molecular flexibility index (Phi) is 4.54. The lowest BCUT2D eigenvalue weighted by Crippen LogP contribution is -2.20. The van der Waals surface area contributed by atoms with Crippen molar-refractivity contribution < 1.29 is 18.3 Å². The van der Waals surface area contributed by atoms with Crippen LogP contribution in [0.15, 0.2) is 83.9 Å². The largest absolute Gasteiger partial charge is 0.392 e. The summed E-state index contributed by atoms with van der Waals surface area (Å²) >= 11 is 0. The highest BCUT2D eigenvalue weighted by Crippen LogP contribution is 2.27. The molecule has 0 bridgehead atoms. The van der Waals surface area contributed by atoms with E-state index in [1.807, 2.05) is 0 Å². The first kappa shape index (κ1) is 18.1. The number of pyridine rings is 1. The fourth-order valence-corrected chi connectivity index (χ4v) is 4.62. The average Bonchev–Trinajstić information content (AvgIpc) is 3.14. The van der Waals surface area contributed by atoms with E-state index < -0.39 is 15.8 Å². The molecule has 0 atom stereocenters. The predicted octanol–water partition coefficient (Wildman–Crippen LogP) is 3.00. The number of fused-ring (bicyclic) bond motifs is 1. The number of nitrogens with zero attached hydrogens (tertiary/aromatic N) is 2. The second-order valence-electron chi connectivity index (χ2n) is 6.17. The number of aliphatic hydroxyl groups is 1. The molecule has 4 rings (SSSR count). The Morgan fingerprint density at radius 1 is 0.964 bits per heavy atom. The first-order chi connectivity index (χ1) is 13.5. The molecule has 28 heavy (non-hydrogen) atoms. The van der Waals surface area contributed by atoms with Crippen LogP contribution in [-0.4, -0.2) is 28.3 Å². The van der Waals surface area contributed by atoms with E-state index in [1.54, 1.807) is 54.6 Å². The van der Waals surface area contributed by atoms with Crippen molar-refractivity contribution in [2.75, 3.05) is 0 Å². The zero-order valence-electron chi connectivity index (χ0n) is 14.7. The minimum absolute atomic E-state index is 0.0292. The van der Waals surface area contributed by atoms with Gasteiger partial charge in [-0.3, -0.25) is 4.79 Å². The van der Waals surface area contributed by atoms with E-state index in [0.29, 0.717) is 10.9 Å². The highest BCUT2D eigenvalue weighted by Gasteiger charge is 2.28. The minimum atomic E-state index is -4.05. The smallest absolute Gasteiger partial charge is 0.270 e. The van der Waals surface area contributed by atoms with Crippen LogP contribution >= 0.6 is 0 Å². The van der Waals surface area contributed by atoms with E-state index in [0.717, 1.165) is 3.97 Å². The molecule has 0 fully saturated rings. The third-order valence-electron chi connectivity index (χ3n) is 4.47. The van der Waals surface area contributed by atoms with Gasteiger partial charge in [0.2, 0.25) is 5.78 Å². The Bertz CT molecular complexity index is 1280. The molecule has 0 aliphatic rings. The molecule has 2 heterocycles. The number of aromatic nitrogens is 2. The lowest BCUT2D eigenvalue weighted by molar-refractivity contribution is 0.103. The molecule has 4 aromatic rings. The third kappa shape index (κ3) is 2.90. The lowest BCUT2D eigenvalue weighted by atomic mass is 10.0. The summed E-state index contributed by atoms with van der Waals surface area (Å²) in [6.07, 6.45) is 1.48. The van der Waals surface area contributed by atoms with Gasteiger partial charge < -0.3 is 5.11 Å². The molecule has 1 N–H and O–H groups in total. The number of aliphatic hydroxyl groups excluding tert-OH is 1. The molecule has 2 aromatic heterocycles. The van der Waals surface area contributed by atoms with Gasteiger partial charge in [0.15, 0.2) is 5.65 Å². The topological polar surface area (TPSA) is 89.3 Å². The summed E-state index contributed by atoms with van der Waals surface area (Å²) in [6, 6.07) is 19.4. The van der Waals surface area contributed by atoms with E-state index in [2.05, 4.69) is 4.98 Å². The standard InChI is InChI=1S/C21H16N2O4S/c24-14-16-7-4-5-11-18(16)20(25)19-13-15-8-6-12-22-21(15)23(19)28(26,27)17-9-2-1-3-10-17/h1-13,24H,14H2. The van der Waals surface area contributed by atoms with Crippen LogP contribution in [0.1, 0.15) is 21.6 Å². The lowest BCUT2D eigenvalue weighted by Gasteiger charge is -2.12. The number of carbonyl (C=O) groups is 1. The highest BCUT2D eigenvalue weighted by molar-refractivity contribution is 7.90. The monoisotopic (exact) mass is 392 g/mol. The number of rotatable bonds is 5. The highest BCUT2D eigenvalue weighted by atomic mass is 32.2. The SMILES string of the molecule is O=C(c1ccccc1CO)c1cc2cccnc2n1S(=O)(=O)c1ccccc1. The molecule has 0 amide bonds. The van der Waals surface area contributed by atoms with Gasteiger partial charge in [0, 0.05) is 17.1 Å². The summed E-state index contributed by atoms with van der Waals surface area (Å²) in [5, 5.41) is 10.1. The molecule has 140 valence electrons. The van der Waals surface area contributed by atoms with E-state index in [9.17, 15) is 18.3 Å². The zero-order valence-corrected chi connectivity index (χ0v) is 15.5. The summed E-state index contributed by atoms with van der Waals surface area (Å²) in [6.45, 7) is -0.328. The van der Waals surface area contributed by atoms with Gasteiger partial charge in [-0.25, -0.2) is 17.4 Å². The Balaban J connectivity index is 2.01. The van der Waals surface area contributed by atoms with Crippen molar-refractivity contribution in [3.05, 3.63) is 95.8 Å². The van der Waals surface area contributed by atoms with Crippen molar-refractivity contribution in [3.8, 4) is 0 Å². The van der Waals surface area contributed by atoms with E-state index in [1.165, 1.54) is 24.4 Å². The number of hydrogen-bond acceptors (Lipinski definition) is 5. The van der Waals surface area contributed by atoms with Crippen molar-refractivity contribution in [2.24, 2.45) is 0 Å². The Hall–Kier alpha value is -3.29. The molecule has 2 aromatic carbocycles. The fraction of sp³-hybridized carbons (Fsp3) is 0.0476. The second-order valence-corrected chi connectivity index (χ2v) is 7.96. The molecular weight excluding hydrogens is 376 g/mol. The van der Waals surface area contributed by atoms with E-state index >= 15 is 0 Å². The maximum absolute atomic E-state index is 13.3. The van der Waals surface area contributed by atoms with Crippen LogP contribution < -0.4 is 0 Å². The number of benzene rings is 2. The molecular formula is C21H16N2O4S. The Morgan fingerprint density at radius 3 is 2.43 bits per heavy atom. The molecule has 0 saturated carbocycles. The van der Waals surface area contributed by atoms with Crippen LogP contribution in [0, 0.1) is 0 Å². The van der Waals surface area contributed by atoms with Crippen LogP contribution in [0.4, 0.5) is 0 Å². The maximum Gasteiger partial charge on any atom is 0.270 e. The molecule has 0 unspecified atom stereocenters. The average molecular weight is 392 g/mol. The van der Waals surface area contributed by atoms with Crippen LogP contribution in [0.5, 0.6) is 0 Å². The molecule has 0 spiro atoms. The second kappa shape index (κ2) is 7.03. The molecule has 0 saturated heterocycles. The Labute approximate surface area is 161 Å². The number of carbonyl (C=O) groups excluding carboxylic acids is 1. The summed E-state index contributed by atoms with van der Waals surface area (Å²) in [4.78, 5) is 17.5. The Morgan fingerprint density at radius 2 is 1.68 bits per heavy atom. The van der Waals surface area contributed by atoms with Crippen molar-refractivity contribution >= 4 is 26.8 Å². The van der Waals surface area contributed by atoms with Crippen molar-refractivity contribution in [2.45, 2.75) is 11.5 Å². The number of hydrogen-bond donors (Lipinski definition) is 1. The van der Waals surface area contributed by atoms with E-state index in [4.69, 9.17) is 0 Å². The van der Waals surface area contributed by atoms with Crippen LogP contribution in [-0.2, 0) is 16.6 Å². The van der Waals surface area contributed by atoms with Gasteiger partial charge in [-0.2, -0.15) is 0 Å². The van der Waals surface area contributed by atoms with Gasteiger partial charge in [0.05, 0.1) is 11.5 Å². The predicted molar refractivity (Wildman–Crippen MR) is 105 cm³/mol. The summed E-state index contributed by atoms with van der Waals surface area (Å²) in [5.74, 6) is -0.498. The molecule has 0 aliphatic heterocycles. The normalized spacial score (nSPS) is 11.6. The molecule has 7 heteroatoms. The van der Waals surface area contributed by atoms with Gasteiger partial charge in [-0.05, 0) is 35.9 Å². The van der Waals surface area contributed by atoms with Crippen molar-refractivity contribution in [1.29, 1.82) is 0 Å². The van der Waals surface area contributed by atoms with Gasteiger partial charge in [0.1, 0.15) is 5.69 Å². The van der Waals surface area contributed by atoms with Gasteiger partial charge >= 0.3 is 0 Å².